The minimum Gasteiger partial charge on any atom is -0.497 e. The van der Waals surface area contributed by atoms with Gasteiger partial charge in [-0.2, -0.15) is 13.7 Å². The Morgan fingerprint density at radius 2 is 1.81 bits per heavy atom. The third-order valence-corrected chi connectivity index (χ3v) is 5.86. The van der Waals surface area contributed by atoms with Crippen LogP contribution in [0, 0.1) is 11.3 Å². The van der Waals surface area contributed by atoms with Gasteiger partial charge in [-0.25, -0.2) is 0 Å². The van der Waals surface area contributed by atoms with E-state index in [9.17, 15) is 13.7 Å². The largest absolute Gasteiger partial charge is 0.497 e. The van der Waals surface area contributed by atoms with E-state index in [4.69, 9.17) is 9.02 Å². The van der Waals surface area contributed by atoms with Gasteiger partial charge in [-0.1, -0.05) is 51.1 Å². The molecule has 7 heteroatoms. The lowest BCUT2D eigenvalue weighted by Gasteiger charge is -2.13. The normalized spacial score (nSPS) is 13.1. The van der Waals surface area contributed by atoms with Gasteiger partial charge in [0.15, 0.2) is 5.71 Å². The van der Waals surface area contributed by atoms with Crippen LogP contribution < -0.4 is 4.74 Å². The highest BCUT2D eigenvalue weighted by Crippen LogP contribution is 2.18. The molecule has 0 saturated heterocycles. The van der Waals surface area contributed by atoms with Gasteiger partial charge in [0.1, 0.15) is 11.8 Å². The highest BCUT2D eigenvalue weighted by molar-refractivity contribution is 7.87. The molecule has 0 spiro atoms. The molecule has 0 aromatic heterocycles. The van der Waals surface area contributed by atoms with Crippen LogP contribution in [0.25, 0.3) is 0 Å². The summed E-state index contributed by atoms with van der Waals surface area (Å²) in [5.74, 6) is 0.633. The molecular weight excluding hydrogens is 352 g/mol. The highest BCUT2D eigenvalue weighted by atomic mass is 32.2. The summed E-state index contributed by atoms with van der Waals surface area (Å²) in [6.45, 7) is 3.96. The second kappa shape index (κ2) is 11.5. The zero-order valence-corrected chi connectivity index (χ0v) is 16.6. The lowest BCUT2D eigenvalue weighted by Crippen LogP contribution is -2.22. The number of nitriles is 1. The van der Waals surface area contributed by atoms with Gasteiger partial charge in [-0.15, -0.1) is 0 Å². The summed E-state index contributed by atoms with van der Waals surface area (Å²) < 4.78 is 34.6. The number of oxime groups is 1. The summed E-state index contributed by atoms with van der Waals surface area (Å²) in [5.41, 5.74) is 0.380. The fourth-order valence-corrected chi connectivity index (χ4v) is 3.73. The van der Waals surface area contributed by atoms with Crippen molar-refractivity contribution in [3.05, 3.63) is 29.8 Å². The Hall–Kier alpha value is -2.07. The van der Waals surface area contributed by atoms with Crippen molar-refractivity contribution in [1.29, 1.82) is 5.26 Å². The van der Waals surface area contributed by atoms with Crippen LogP contribution in [0.5, 0.6) is 5.75 Å². The second-order valence-corrected chi connectivity index (χ2v) is 7.88. The van der Waals surface area contributed by atoms with Crippen molar-refractivity contribution in [1.82, 2.24) is 0 Å². The van der Waals surface area contributed by atoms with Crippen molar-refractivity contribution in [2.24, 2.45) is 5.16 Å². The Morgan fingerprint density at radius 3 is 2.35 bits per heavy atom. The maximum atomic E-state index is 12.4. The summed E-state index contributed by atoms with van der Waals surface area (Å²) in [4.78, 5) is 0. The molecule has 1 aromatic rings. The lowest BCUT2D eigenvalue weighted by atomic mass is 10.1. The maximum absolute atomic E-state index is 12.4. The van der Waals surface area contributed by atoms with E-state index in [1.807, 2.05) is 13.0 Å². The Kier molecular flexibility index (Phi) is 9.74. The Bertz CT molecular complexity index is 706. The predicted molar refractivity (Wildman–Crippen MR) is 103 cm³/mol. The van der Waals surface area contributed by atoms with Crippen LogP contribution in [0.15, 0.2) is 29.4 Å². The SMILES string of the molecule is CCCCCCCC(CC)S(=O)(=O)ON=C(C#N)c1ccc(OC)cc1. The Balaban J connectivity index is 2.74. The molecule has 0 heterocycles. The molecule has 1 unspecified atom stereocenters. The van der Waals surface area contributed by atoms with Crippen molar-refractivity contribution in [3.8, 4) is 11.8 Å². The van der Waals surface area contributed by atoms with Crippen LogP contribution in [-0.2, 0) is 14.4 Å². The molecule has 0 aliphatic carbocycles. The molecule has 0 bridgehead atoms. The molecule has 1 aromatic carbocycles. The third kappa shape index (κ3) is 7.04. The Morgan fingerprint density at radius 1 is 1.15 bits per heavy atom. The van der Waals surface area contributed by atoms with E-state index in [-0.39, 0.29) is 5.71 Å². The summed E-state index contributed by atoms with van der Waals surface area (Å²) >= 11 is 0. The fraction of sp³-hybridized carbons (Fsp3) is 0.579. The van der Waals surface area contributed by atoms with Gasteiger partial charge < -0.3 is 4.74 Å². The van der Waals surface area contributed by atoms with Crippen LogP contribution in [-0.4, -0.2) is 26.5 Å². The smallest absolute Gasteiger partial charge is 0.331 e. The van der Waals surface area contributed by atoms with E-state index in [0.29, 0.717) is 24.2 Å². The highest BCUT2D eigenvalue weighted by Gasteiger charge is 2.25. The molecule has 6 nitrogen and oxygen atoms in total. The number of nitrogens with zero attached hydrogens (tertiary/aromatic N) is 2. The standard InChI is InChI=1S/C19H28N2O4S/c1-4-6-7-8-9-10-18(5-2)26(22,23)25-21-19(15-20)16-11-13-17(24-3)14-12-16/h11-14,18H,4-10H2,1-3H3. The number of rotatable bonds is 12. The van der Waals surface area contributed by atoms with E-state index < -0.39 is 15.4 Å². The van der Waals surface area contributed by atoms with Crippen molar-refractivity contribution in [2.45, 2.75) is 64.0 Å². The van der Waals surface area contributed by atoms with Gasteiger partial charge in [-0.3, -0.25) is 4.28 Å². The van der Waals surface area contributed by atoms with Crippen LogP contribution in [0.1, 0.15) is 64.4 Å². The molecule has 0 saturated carbocycles. The molecular formula is C19H28N2O4S. The van der Waals surface area contributed by atoms with Gasteiger partial charge in [0.05, 0.1) is 12.4 Å². The molecule has 0 fully saturated rings. The molecule has 1 rings (SSSR count). The first-order valence-corrected chi connectivity index (χ1v) is 10.5. The zero-order valence-electron chi connectivity index (χ0n) is 15.8. The van der Waals surface area contributed by atoms with E-state index in [1.54, 1.807) is 24.3 Å². The molecule has 0 amide bonds. The second-order valence-electron chi connectivity index (χ2n) is 6.08. The van der Waals surface area contributed by atoms with Crippen molar-refractivity contribution in [3.63, 3.8) is 0 Å². The van der Waals surface area contributed by atoms with Crippen molar-refractivity contribution in [2.75, 3.05) is 7.11 Å². The molecule has 26 heavy (non-hydrogen) atoms. The van der Waals surface area contributed by atoms with E-state index in [1.165, 1.54) is 7.11 Å². The molecule has 0 aliphatic rings. The molecule has 144 valence electrons. The average Bonchev–Trinajstić information content (AvgIpc) is 2.65. The first-order valence-electron chi connectivity index (χ1n) is 9.03. The van der Waals surface area contributed by atoms with Gasteiger partial charge in [0.2, 0.25) is 0 Å². The summed E-state index contributed by atoms with van der Waals surface area (Å²) in [7, 11) is -2.32. The van der Waals surface area contributed by atoms with E-state index in [2.05, 4.69) is 12.1 Å². The minimum absolute atomic E-state index is 0.0889. The topological polar surface area (TPSA) is 88.8 Å². The van der Waals surface area contributed by atoms with E-state index in [0.717, 1.165) is 32.1 Å². The summed E-state index contributed by atoms with van der Waals surface area (Å²) in [5, 5.41) is 12.2. The lowest BCUT2D eigenvalue weighted by molar-refractivity contribution is 0.328. The van der Waals surface area contributed by atoms with Crippen LogP contribution in [0.2, 0.25) is 0 Å². The minimum atomic E-state index is -3.85. The quantitative estimate of drug-likeness (QED) is 0.304. The predicted octanol–water partition coefficient (Wildman–Crippen LogP) is 4.41. The van der Waals surface area contributed by atoms with Crippen molar-refractivity contribution < 1.29 is 17.4 Å². The third-order valence-electron chi connectivity index (χ3n) is 4.20. The average molecular weight is 381 g/mol. The summed E-state index contributed by atoms with van der Waals surface area (Å²) in [6, 6.07) is 8.46. The van der Waals surface area contributed by atoms with Crippen LogP contribution in [0.3, 0.4) is 0 Å². The van der Waals surface area contributed by atoms with Crippen LogP contribution in [0.4, 0.5) is 0 Å². The molecule has 0 radical (unpaired) electrons. The van der Waals surface area contributed by atoms with Gasteiger partial charge in [-0.05, 0) is 37.1 Å². The van der Waals surface area contributed by atoms with E-state index >= 15 is 0 Å². The van der Waals surface area contributed by atoms with Crippen molar-refractivity contribution >= 4 is 15.8 Å². The first kappa shape index (κ1) is 22.0. The number of hydrogen-bond acceptors (Lipinski definition) is 6. The zero-order chi connectivity index (χ0) is 19.4. The number of hydrogen-bond donors (Lipinski definition) is 0. The Labute approximate surface area is 156 Å². The monoisotopic (exact) mass is 380 g/mol. The molecule has 1 atom stereocenters. The first-order chi connectivity index (χ1) is 12.5. The van der Waals surface area contributed by atoms with Gasteiger partial charge >= 0.3 is 10.1 Å². The summed E-state index contributed by atoms with van der Waals surface area (Å²) in [6.07, 6.45) is 6.28. The number of unbranched alkanes of at least 4 members (excludes halogenated alkanes) is 4. The van der Waals surface area contributed by atoms with Gasteiger partial charge in [0, 0.05) is 5.56 Å². The van der Waals surface area contributed by atoms with Gasteiger partial charge in [0.25, 0.3) is 0 Å². The van der Waals surface area contributed by atoms with Crippen LogP contribution >= 0.6 is 0 Å². The molecule has 0 aliphatic heterocycles. The molecule has 0 N–H and O–H groups in total. The number of methoxy groups -OCH3 is 1. The number of benzene rings is 1. The fourth-order valence-electron chi connectivity index (χ4n) is 2.56. The number of ether oxygens (including phenoxy) is 1. The maximum Gasteiger partial charge on any atom is 0.331 e.